The summed E-state index contributed by atoms with van der Waals surface area (Å²) in [6.07, 6.45) is 2.67. The summed E-state index contributed by atoms with van der Waals surface area (Å²) in [6, 6.07) is 7.23. The Labute approximate surface area is 192 Å². The van der Waals surface area contributed by atoms with E-state index in [1.54, 1.807) is 22.3 Å². The quantitative estimate of drug-likeness (QED) is 0.515. The fourth-order valence-corrected chi connectivity index (χ4v) is 5.29. The van der Waals surface area contributed by atoms with Gasteiger partial charge in [-0.1, -0.05) is 56.5 Å². The summed E-state index contributed by atoms with van der Waals surface area (Å²) < 4.78 is 0. The molecule has 0 spiro atoms. The number of halogens is 2. The molecule has 1 aromatic heterocycles. The van der Waals surface area contributed by atoms with E-state index in [1.165, 1.54) is 4.88 Å². The number of hydrogen-bond acceptors (Lipinski definition) is 3. The third kappa shape index (κ3) is 5.01. The first kappa shape index (κ1) is 23.1. The summed E-state index contributed by atoms with van der Waals surface area (Å²) in [5.74, 6) is -0.167. The van der Waals surface area contributed by atoms with Gasteiger partial charge in [-0.15, -0.1) is 11.3 Å². The normalized spacial score (nSPS) is 15.9. The molecule has 0 saturated carbocycles. The summed E-state index contributed by atoms with van der Waals surface area (Å²) in [5.41, 5.74) is 1.98. The Balaban J connectivity index is 1.92. The molecule has 1 aliphatic rings. The van der Waals surface area contributed by atoms with E-state index in [4.69, 9.17) is 23.2 Å². The van der Waals surface area contributed by atoms with Crippen LogP contribution in [0.25, 0.3) is 0 Å². The van der Waals surface area contributed by atoms with Crippen LogP contribution in [-0.4, -0.2) is 41.2 Å². The molecule has 7 heteroatoms. The molecule has 162 valence electrons. The molecule has 0 N–H and O–H groups in total. The molecule has 0 bridgehead atoms. The number of fused-ring (bicyclic) bond motifs is 1. The zero-order valence-corrected chi connectivity index (χ0v) is 20.0. The first-order valence-electron chi connectivity index (χ1n) is 10.4. The maximum absolute atomic E-state index is 13.5. The third-order valence-electron chi connectivity index (χ3n) is 5.46. The Morgan fingerprint density at radius 2 is 2.00 bits per heavy atom. The van der Waals surface area contributed by atoms with Crippen LogP contribution in [0, 0.1) is 5.92 Å². The van der Waals surface area contributed by atoms with Gasteiger partial charge in [0.2, 0.25) is 11.8 Å². The summed E-state index contributed by atoms with van der Waals surface area (Å²) in [7, 11) is 0. The Morgan fingerprint density at radius 1 is 1.23 bits per heavy atom. The van der Waals surface area contributed by atoms with Crippen LogP contribution < -0.4 is 0 Å². The highest BCUT2D eigenvalue weighted by atomic mass is 35.5. The molecular formula is C23H28Cl2N2O2S. The molecule has 1 atom stereocenters. The van der Waals surface area contributed by atoms with Gasteiger partial charge in [0, 0.05) is 33.9 Å². The molecular weight excluding hydrogens is 439 g/mol. The molecule has 1 aromatic carbocycles. The highest BCUT2D eigenvalue weighted by Crippen LogP contribution is 2.41. The lowest BCUT2D eigenvalue weighted by molar-refractivity contribution is -0.143. The van der Waals surface area contributed by atoms with Crippen molar-refractivity contribution in [3.8, 4) is 0 Å². The van der Waals surface area contributed by atoms with Crippen molar-refractivity contribution >= 4 is 46.4 Å². The number of carbonyl (C=O) groups excluding carboxylic acids is 2. The molecule has 2 heterocycles. The Morgan fingerprint density at radius 3 is 2.67 bits per heavy atom. The van der Waals surface area contributed by atoms with Gasteiger partial charge < -0.3 is 9.80 Å². The molecule has 4 nitrogen and oxygen atoms in total. The summed E-state index contributed by atoms with van der Waals surface area (Å²) in [6.45, 7) is 7.14. The Hall–Kier alpha value is -1.56. The summed E-state index contributed by atoms with van der Waals surface area (Å²) in [4.78, 5) is 31.0. The minimum absolute atomic E-state index is 0.0195. The molecule has 30 heavy (non-hydrogen) atoms. The van der Waals surface area contributed by atoms with Crippen LogP contribution in [0.4, 0.5) is 0 Å². The number of benzene rings is 1. The van der Waals surface area contributed by atoms with E-state index in [2.05, 4.69) is 18.4 Å². The second-order valence-electron chi connectivity index (χ2n) is 7.97. The standard InChI is InChI=1S/C23H28Cl2N2O2S/c1-4-5-10-26(23(29)15(2)3)14-21(28)27-11-8-20-18(9-12-30-20)22(27)17-7-6-16(24)13-19(17)25/h6-7,9,12-13,15,22H,4-5,8,10-11,14H2,1-3H3. The van der Waals surface area contributed by atoms with Crippen LogP contribution in [0.2, 0.25) is 10.0 Å². The van der Waals surface area contributed by atoms with Gasteiger partial charge in [0.05, 0.1) is 12.6 Å². The van der Waals surface area contributed by atoms with Gasteiger partial charge in [0.25, 0.3) is 0 Å². The SMILES string of the molecule is CCCCN(CC(=O)N1CCc2sccc2C1c1ccc(Cl)cc1Cl)C(=O)C(C)C. The fourth-order valence-electron chi connectivity index (χ4n) is 3.88. The lowest BCUT2D eigenvalue weighted by atomic mass is 9.93. The molecule has 0 fully saturated rings. The molecule has 0 saturated heterocycles. The van der Waals surface area contributed by atoms with Crippen LogP contribution in [0.3, 0.4) is 0 Å². The smallest absolute Gasteiger partial charge is 0.242 e. The lowest BCUT2D eigenvalue weighted by Crippen LogP contribution is -2.47. The van der Waals surface area contributed by atoms with E-state index >= 15 is 0 Å². The largest absolute Gasteiger partial charge is 0.333 e. The van der Waals surface area contributed by atoms with Crippen molar-refractivity contribution in [2.24, 2.45) is 5.92 Å². The minimum atomic E-state index is -0.264. The van der Waals surface area contributed by atoms with E-state index in [-0.39, 0.29) is 30.3 Å². The third-order valence-corrected chi connectivity index (χ3v) is 7.02. The van der Waals surface area contributed by atoms with Crippen molar-refractivity contribution in [2.75, 3.05) is 19.6 Å². The lowest BCUT2D eigenvalue weighted by Gasteiger charge is -2.38. The van der Waals surface area contributed by atoms with E-state index in [0.29, 0.717) is 23.1 Å². The van der Waals surface area contributed by atoms with E-state index < -0.39 is 0 Å². The van der Waals surface area contributed by atoms with Crippen molar-refractivity contribution in [1.82, 2.24) is 9.80 Å². The number of nitrogens with zero attached hydrogens (tertiary/aromatic N) is 2. The zero-order chi connectivity index (χ0) is 21.8. The summed E-state index contributed by atoms with van der Waals surface area (Å²) in [5, 5.41) is 3.17. The zero-order valence-electron chi connectivity index (χ0n) is 17.7. The molecule has 0 aliphatic carbocycles. The van der Waals surface area contributed by atoms with Crippen molar-refractivity contribution < 1.29 is 9.59 Å². The second-order valence-corrected chi connectivity index (χ2v) is 9.82. The average molecular weight is 467 g/mol. The maximum atomic E-state index is 13.5. The highest BCUT2D eigenvalue weighted by molar-refractivity contribution is 7.10. The van der Waals surface area contributed by atoms with Gasteiger partial charge in [-0.05, 0) is 47.5 Å². The minimum Gasteiger partial charge on any atom is -0.333 e. The number of carbonyl (C=O) groups is 2. The van der Waals surface area contributed by atoms with Gasteiger partial charge in [-0.2, -0.15) is 0 Å². The van der Waals surface area contributed by atoms with Gasteiger partial charge in [-0.25, -0.2) is 0 Å². The molecule has 1 aliphatic heterocycles. The predicted molar refractivity (Wildman–Crippen MR) is 124 cm³/mol. The molecule has 1 unspecified atom stereocenters. The number of thiophene rings is 1. The Bertz CT molecular complexity index is 912. The highest BCUT2D eigenvalue weighted by Gasteiger charge is 2.35. The second kappa shape index (κ2) is 10.2. The number of hydrogen-bond donors (Lipinski definition) is 0. The van der Waals surface area contributed by atoms with Crippen molar-refractivity contribution in [2.45, 2.75) is 46.1 Å². The van der Waals surface area contributed by atoms with Crippen LogP contribution in [0.15, 0.2) is 29.6 Å². The van der Waals surface area contributed by atoms with E-state index in [9.17, 15) is 9.59 Å². The number of unbranched alkanes of at least 4 members (excludes halogenated alkanes) is 1. The van der Waals surface area contributed by atoms with E-state index in [1.807, 2.05) is 30.9 Å². The van der Waals surface area contributed by atoms with E-state index in [0.717, 1.165) is 30.4 Å². The van der Waals surface area contributed by atoms with Gasteiger partial charge in [-0.3, -0.25) is 9.59 Å². The van der Waals surface area contributed by atoms with Gasteiger partial charge in [0.15, 0.2) is 0 Å². The fraction of sp³-hybridized carbons (Fsp3) is 0.478. The molecule has 2 amide bonds. The van der Waals surface area contributed by atoms with Crippen LogP contribution in [0.1, 0.15) is 55.7 Å². The average Bonchev–Trinajstić information content (AvgIpc) is 3.19. The Kier molecular flexibility index (Phi) is 7.83. The van der Waals surface area contributed by atoms with Crippen LogP contribution in [-0.2, 0) is 16.0 Å². The molecule has 0 radical (unpaired) electrons. The van der Waals surface area contributed by atoms with Crippen LogP contribution >= 0.6 is 34.5 Å². The first-order valence-corrected chi connectivity index (χ1v) is 12.1. The van der Waals surface area contributed by atoms with Gasteiger partial charge >= 0.3 is 0 Å². The number of rotatable bonds is 7. The molecule has 3 rings (SSSR count). The van der Waals surface area contributed by atoms with Crippen LogP contribution in [0.5, 0.6) is 0 Å². The van der Waals surface area contributed by atoms with Crippen molar-refractivity contribution in [3.05, 3.63) is 55.7 Å². The topological polar surface area (TPSA) is 40.6 Å². The van der Waals surface area contributed by atoms with Gasteiger partial charge in [0.1, 0.15) is 0 Å². The monoisotopic (exact) mass is 466 g/mol. The predicted octanol–water partition coefficient (Wildman–Crippen LogP) is 5.81. The number of amides is 2. The summed E-state index contributed by atoms with van der Waals surface area (Å²) >= 11 is 14.4. The van der Waals surface area contributed by atoms with Crippen molar-refractivity contribution in [3.63, 3.8) is 0 Å². The first-order chi connectivity index (χ1) is 14.3. The molecule has 2 aromatic rings. The maximum Gasteiger partial charge on any atom is 0.242 e. The van der Waals surface area contributed by atoms with Crippen molar-refractivity contribution in [1.29, 1.82) is 0 Å².